The monoisotopic (exact) mass is 561 g/mol. The zero-order chi connectivity index (χ0) is 28.7. The van der Waals surface area contributed by atoms with Gasteiger partial charge in [0.25, 0.3) is 0 Å². The third-order valence-corrected chi connectivity index (χ3v) is 7.94. The third-order valence-electron chi connectivity index (χ3n) is 7.94. The molecular weight excluding hydrogens is 531 g/mol. The van der Waals surface area contributed by atoms with Crippen molar-refractivity contribution in [3.05, 3.63) is 53.1 Å². The van der Waals surface area contributed by atoms with Crippen LogP contribution in [0.15, 0.2) is 30.3 Å². The Morgan fingerprint density at radius 3 is 2.62 bits per heavy atom. The number of alkyl halides is 2. The quantitative estimate of drug-likeness (QED) is 0.404. The summed E-state index contributed by atoms with van der Waals surface area (Å²) in [7, 11) is 1.30. The first-order chi connectivity index (χ1) is 19.1. The molecule has 2 aromatic carbocycles. The molecule has 1 saturated carbocycles. The number of carboxylic acid groups (broad SMARTS) is 1. The van der Waals surface area contributed by atoms with Crippen molar-refractivity contribution in [2.45, 2.75) is 70.2 Å². The number of fused-ring (bicyclic) bond motifs is 3. The van der Waals surface area contributed by atoms with Gasteiger partial charge in [-0.3, -0.25) is 9.69 Å². The predicted molar refractivity (Wildman–Crippen MR) is 138 cm³/mol. The lowest BCUT2D eigenvalue weighted by atomic mass is 9.85. The van der Waals surface area contributed by atoms with E-state index in [9.17, 15) is 33.0 Å². The summed E-state index contributed by atoms with van der Waals surface area (Å²) in [6.07, 6.45) is 0.980. The minimum Gasteiger partial charge on any atom is -0.481 e. The molecule has 5 rings (SSSR count). The average molecular weight is 562 g/mol. The number of methoxy groups -OCH3 is 1. The van der Waals surface area contributed by atoms with Crippen molar-refractivity contribution >= 4 is 28.8 Å². The van der Waals surface area contributed by atoms with Crippen molar-refractivity contribution in [3.63, 3.8) is 0 Å². The number of ether oxygens (including phenoxy) is 2. The molecular formula is C28H30F3N3O6. The zero-order valence-corrected chi connectivity index (χ0v) is 22.0. The number of halogens is 3. The SMILES string of the molecule is COC(=O)N1c2ccc3c(nc([C@H](O)c4cc(F)ccc4OC(F)F)n3C3CCC[C@H](C(=O)O)C3)c2CC[C@@H]1C. The molecule has 214 valence electrons. The highest BCUT2D eigenvalue weighted by atomic mass is 19.3. The van der Waals surface area contributed by atoms with Gasteiger partial charge < -0.3 is 24.3 Å². The number of carboxylic acids is 1. The molecule has 3 aromatic rings. The number of amides is 1. The second-order valence-electron chi connectivity index (χ2n) is 10.3. The number of aromatic nitrogens is 2. The second kappa shape index (κ2) is 11.0. The number of rotatable bonds is 6. The van der Waals surface area contributed by atoms with Crippen LogP contribution in [0.2, 0.25) is 0 Å². The van der Waals surface area contributed by atoms with Crippen molar-refractivity contribution in [1.82, 2.24) is 9.55 Å². The minimum absolute atomic E-state index is 0.0485. The number of carbonyl (C=O) groups excluding carboxylic acids is 1. The van der Waals surface area contributed by atoms with E-state index < -0.39 is 42.3 Å². The maximum absolute atomic E-state index is 14.3. The van der Waals surface area contributed by atoms with Gasteiger partial charge in [-0.15, -0.1) is 0 Å². The molecule has 2 N–H and O–H groups in total. The van der Waals surface area contributed by atoms with Crippen molar-refractivity contribution in [1.29, 1.82) is 0 Å². The van der Waals surface area contributed by atoms with E-state index in [1.807, 2.05) is 6.92 Å². The van der Waals surface area contributed by atoms with Crippen LogP contribution in [0.1, 0.15) is 68.1 Å². The Kier molecular flexibility index (Phi) is 7.63. The van der Waals surface area contributed by atoms with E-state index in [-0.39, 0.29) is 29.9 Å². The molecule has 2 aliphatic rings. The van der Waals surface area contributed by atoms with E-state index in [2.05, 4.69) is 4.74 Å². The van der Waals surface area contributed by atoms with Crippen LogP contribution in [0.3, 0.4) is 0 Å². The molecule has 1 fully saturated rings. The topological polar surface area (TPSA) is 114 Å². The first kappa shape index (κ1) is 27.8. The lowest BCUT2D eigenvalue weighted by Gasteiger charge is -2.34. The van der Waals surface area contributed by atoms with Gasteiger partial charge in [-0.1, -0.05) is 6.42 Å². The van der Waals surface area contributed by atoms with Crippen LogP contribution < -0.4 is 9.64 Å². The highest BCUT2D eigenvalue weighted by molar-refractivity contribution is 5.95. The maximum Gasteiger partial charge on any atom is 0.414 e. The molecule has 1 amide bonds. The Balaban J connectivity index is 1.71. The van der Waals surface area contributed by atoms with Crippen molar-refractivity contribution < 1.29 is 42.4 Å². The van der Waals surface area contributed by atoms with Crippen LogP contribution in [0.4, 0.5) is 23.7 Å². The lowest BCUT2D eigenvalue weighted by molar-refractivity contribution is -0.143. The van der Waals surface area contributed by atoms with Gasteiger partial charge in [0.2, 0.25) is 0 Å². The molecule has 1 aliphatic heterocycles. The van der Waals surface area contributed by atoms with Gasteiger partial charge in [-0.2, -0.15) is 8.78 Å². The third kappa shape index (κ3) is 4.96. The number of aryl methyl sites for hydroxylation is 1. The minimum atomic E-state index is -3.21. The number of anilines is 1. The Labute approximate surface area is 228 Å². The van der Waals surface area contributed by atoms with E-state index in [0.717, 1.165) is 23.8 Å². The second-order valence-corrected chi connectivity index (χ2v) is 10.3. The van der Waals surface area contributed by atoms with Gasteiger partial charge in [0, 0.05) is 23.2 Å². The Bertz CT molecular complexity index is 1440. The van der Waals surface area contributed by atoms with E-state index in [1.165, 1.54) is 12.0 Å². The zero-order valence-electron chi connectivity index (χ0n) is 22.0. The molecule has 0 radical (unpaired) electrons. The summed E-state index contributed by atoms with van der Waals surface area (Å²) in [6, 6.07) is 5.89. The lowest BCUT2D eigenvalue weighted by Crippen LogP contribution is -2.42. The summed E-state index contributed by atoms with van der Waals surface area (Å²) in [5.74, 6) is -2.65. The number of carbonyl (C=O) groups is 2. The van der Waals surface area contributed by atoms with Gasteiger partial charge in [0.05, 0.1) is 29.7 Å². The van der Waals surface area contributed by atoms with Crippen molar-refractivity contribution in [2.24, 2.45) is 5.92 Å². The van der Waals surface area contributed by atoms with Gasteiger partial charge in [0.15, 0.2) is 0 Å². The number of hydrogen-bond acceptors (Lipinski definition) is 6. The standard InChI is InChI=1S/C28H30F3N3O6/c1-14-6-8-18-20(33(14)28(38)39-2)9-10-21-23(18)32-25(34(21)17-5-3-4-15(12-17)26(36)37)24(35)19-13-16(29)7-11-22(19)40-27(30)31/h7,9-11,13-15,17,24,27,35H,3-6,8,12H2,1-2H3,(H,36,37)/t14-,15-,17?,24+/m0/s1. The van der Waals surface area contributed by atoms with Crippen LogP contribution >= 0.6 is 0 Å². The summed E-state index contributed by atoms with van der Waals surface area (Å²) in [5.41, 5.74) is 2.18. The molecule has 1 unspecified atom stereocenters. The summed E-state index contributed by atoms with van der Waals surface area (Å²) in [5, 5.41) is 21.3. The van der Waals surface area contributed by atoms with E-state index >= 15 is 0 Å². The van der Waals surface area contributed by atoms with Crippen molar-refractivity contribution in [2.75, 3.05) is 12.0 Å². The fourth-order valence-corrected chi connectivity index (χ4v) is 6.07. The van der Waals surface area contributed by atoms with Gasteiger partial charge in [-0.05, 0) is 69.4 Å². The number of hydrogen-bond donors (Lipinski definition) is 2. The van der Waals surface area contributed by atoms with E-state index in [4.69, 9.17) is 9.72 Å². The molecule has 12 heteroatoms. The van der Waals surface area contributed by atoms with Crippen LogP contribution in [0, 0.1) is 11.7 Å². The van der Waals surface area contributed by atoms with Gasteiger partial charge in [0.1, 0.15) is 23.5 Å². The summed E-state index contributed by atoms with van der Waals surface area (Å²) < 4.78 is 51.9. The Morgan fingerprint density at radius 1 is 1.15 bits per heavy atom. The van der Waals surface area contributed by atoms with Crippen LogP contribution in [0.5, 0.6) is 5.75 Å². The number of aliphatic hydroxyl groups is 1. The molecule has 1 aliphatic carbocycles. The smallest absolute Gasteiger partial charge is 0.414 e. The maximum atomic E-state index is 14.3. The predicted octanol–water partition coefficient (Wildman–Crippen LogP) is 5.58. The number of nitrogens with zero attached hydrogens (tertiary/aromatic N) is 3. The fraction of sp³-hybridized carbons (Fsp3) is 0.464. The molecule has 9 nitrogen and oxygen atoms in total. The molecule has 4 atom stereocenters. The molecule has 0 saturated heterocycles. The molecule has 0 spiro atoms. The molecule has 1 aromatic heterocycles. The molecule has 40 heavy (non-hydrogen) atoms. The van der Waals surface area contributed by atoms with Crippen LogP contribution in [-0.4, -0.2) is 51.6 Å². The Morgan fingerprint density at radius 2 is 1.93 bits per heavy atom. The number of aliphatic hydroxyl groups excluding tert-OH is 1. The molecule has 2 heterocycles. The number of imidazole rings is 1. The highest BCUT2D eigenvalue weighted by Crippen LogP contribution is 2.43. The first-order valence-electron chi connectivity index (χ1n) is 13.2. The number of aliphatic carboxylic acids is 1. The van der Waals surface area contributed by atoms with Crippen LogP contribution in [0.25, 0.3) is 11.0 Å². The average Bonchev–Trinajstić information content (AvgIpc) is 3.33. The summed E-state index contributed by atoms with van der Waals surface area (Å²) in [6.45, 7) is -1.30. The van der Waals surface area contributed by atoms with Crippen LogP contribution in [-0.2, 0) is 16.0 Å². The first-order valence-corrected chi connectivity index (χ1v) is 13.2. The van der Waals surface area contributed by atoms with Crippen molar-refractivity contribution in [3.8, 4) is 5.75 Å². The Hall–Kier alpha value is -3.80. The summed E-state index contributed by atoms with van der Waals surface area (Å²) in [4.78, 5) is 30.8. The molecule has 0 bridgehead atoms. The van der Waals surface area contributed by atoms with Gasteiger partial charge in [-0.25, -0.2) is 14.2 Å². The normalized spacial score (nSPS) is 21.8. The fourth-order valence-electron chi connectivity index (χ4n) is 6.07. The number of benzene rings is 2. The largest absolute Gasteiger partial charge is 0.481 e. The van der Waals surface area contributed by atoms with E-state index in [1.54, 1.807) is 16.7 Å². The highest BCUT2D eigenvalue weighted by Gasteiger charge is 2.36. The summed E-state index contributed by atoms with van der Waals surface area (Å²) >= 11 is 0. The van der Waals surface area contributed by atoms with Gasteiger partial charge >= 0.3 is 18.7 Å². The van der Waals surface area contributed by atoms with E-state index in [0.29, 0.717) is 48.8 Å².